The Morgan fingerprint density at radius 1 is 1.41 bits per heavy atom. The second-order valence-electron chi connectivity index (χ2n) is 4.85. The van der Waals surface area contributed by atoms with Crippen molar-refractivity contribution >= 4 is 5.91 Å². The van der Waals surface area contributed by atoms with Crippen molar-refractivity contribution in [2.24, 2.45) is 0 Å². The minimum atomic E-state index is -0.846. The van der Waals surface area contributed by atoms with Crippen LogP contribution in [0.2, 0.25) is 0 Å². The predicted molar refractivity (Wildman–Crippen MR) is 76.0 cm³/mol. The second-order valence-corrected chi connectivity index (χ2v) is 4.85. The minimum Gasteiger partial charge on any atom is -0.491 e. The molecule has 1 aliphatic rings. The highest BCUT2D eigenvalue weighted by atomic mass is 16.9. The molecule has 8 heteroatoms. The van der Waals surface area contributed by atoms with Gasteiger partial charge in [0, 0.05) is 6.54 Å². The molecular weight excluding hydrogens is 292 g/mol. The fourth-order valence-corrected chi connectivity index (χ4v) is 1.74. The van der Waals surface area contributed by atoms with Gasteiger partial charge in [0.1, 0.15) is 18.5 Å². The molecule has 1 heterocycles. The molecule has 120 valence electrons. The molecule has 1 aliphatic heterocycles. The van der Waals surface area contributed by atoms with Crippen LogP contribution in [0.15, 0.2) is 24.3 Å². The molecule has 1 fully saturated rings. The Bertz CT molecular complexity index is 501. The highest BCUT2D eigenvalue weighted by Crippen LogP contribution is 2.16. The van der Waals surface area contributed by atoms with Gasteiger partial charge in [0.25, 0.3) is 5.09 Å². The zero-order valence-electron chi connectivity index (χ0n) is 12.0. The van der Waals surface area contributed by atoms with Gasteiger partial charge in [-0.05, 0) is 24.1 Å². The highest BCUT2D eigenvalue weighted by molar-refractivity contribution is 5.78. The van der Waals surface area contributed by atoms with E-state index in [1.165, 1.54) is 0 Å². The van der Waals surface area contributed by atoms with Crippen LogP contribution in [0.4, 0.5) is 0 Å². The van der Waals surface area contributed by atoms with Crippen molar-refractivity contribution in [2.45, 2.75) is 18.9 Å². The third-order valence-corrected chi connectivity index (χ3v) is 2.97. The molecule has 0 aliphatic carbocycles. The maximum atomic E-state index is 11.7. The number of hydrogen-bond acceptors (Lipinski definition) is 6. The molecule has 0 bridgehead atoms. The van der Waals surface area contributed by atoms with Gasteiger partial charge >= 0.3 is 0 Å². The molecule has 2 rings (SSSR count). The normalized spacial score (nSPS) is 15.9. The monoisotopic (exact) mass is 310 g/mol. The molecule has 8 nitrogen and oxygen atoms in total. The molecule has 1 atom stereocenters. The summed E-state index contributed by atoms with van der Waals surface area (Å²) in [7, 11) is 0. The lowest BCUT2D eigenvalue weighted by atomic mass is 10.1. The Kier molecular flexibility index (Phi) is 5.96. The van der Waals surface area contributed by atoms with Crippen LogP contribution in [-0.2, 0) is 20.8 Å². The molecule has 0 aromatic heterocycles. The highest BCUT2D eigenvalue weighted by Gasteiger charge is 2.22. The number of nitrogens with one attached hydrogen (secondary N) is 1. The largest absolute Gasteiger partial charge is 0.491 e. The second kappa shape index (κ2) is 8.18. The number of benzene rings is 1. The summed E-state index contributed by atoms with van der Waals surface area (Å²) in [6.45, 7) is 1.62. The maximum absolute atomic E-state index is 11.7. The first-order valence-corrected chi connectivity index (χ1v) is 7.01. The van der Waals surface area contributed by atoms with Crippen LogP contribution in [0.5, 0.6) is 5.75 Å². The fourth-order valence-electron chi connectivity index (χ4n) is 1.74. The zero-order chi connectivity index (χ0) is 15.8. The van der Waals surface area contributed by atoms with Crippen LogP contribution in [-0.4, -0.2) is 43.5 Å². The molecule has 1 aromatic carbocycles. The number of hydrogen-bond donors (Lipinski definition) is 1. The number of ether oxygens (including phenoxy) is 2. The molecular formula is C14H18N2O6. The van der Waals surface area contributed by atoms with E-state index in [4.69, 9.17) is 9.47 Å². The summed E-state index contributed by atoms with van der Waals surface area (Å²) in [5.41, 5.74) is 0.870. The van der Waals surface area contributed by atoms with Crippen LogP contribution in [0.3, 0.4) is 0 Å². The molecule has 1 amide bonds. The van der Waals surface area contributed by atoms with Gasteiger partial charge in [-0.3, -0.25) is 4.79 Å². The van der Waals surface area contributed by atoms with Gasteiger partial charge in [0.2, 0.25) is 5.91 Å². The number of carbonyl (C=O) groups excluding carboxylic acids is 1. The van der Waals surface area contributed by atoms with Crippen LogP contribution in [0.1, 0.15) is 12.0 Å². The summed E-state index contributed by atoms with van der Waals surface area (Å²) in [5.74, 6) is 0.609. The first kappa shape index (κ1) is 16.0. The summed E-state index contributed by atoms with van der Waals surface area (Å²) in [4.78, 5) is 25.8. The molecule has 1 saturated heterocycles. The number of epoxide rings is 1. The van der Waals surface area contributed by atoms with Gasteiger partial charge < -0.3 is 19.6 Å². The first-order chi connectivity index (χ1) is 10.6. The lowest BCUT2D eigenvalue weighted by molar-refractivity contribution is -0.757. The minimum absolute atomic E-state index is 0.0238. The molecule has 1 unspecified atom stereocenters. The number of carbonyl (C=O) groups is 1. The van der Waals surface area contributed by atoms with E-state index in [-0.39, 0.29) is 25.0 Å². The van der Waals surface area contributed by atoms with E-state index in [0.29, 0.717) is 19.6 Å². The van der Waals surface area contributed by atoms with E-state index in [1.807, 2.05) is 24.3 Å². The average Bonchev–Trinajstić information content (AvgIpc) is 3.30. The third-order valence-electron chi connectivity index (χ3n) is 2.97. The van der Waals surface area contributed by atoms with Crippen molar-refractivity contribution in [3.05, 3.63) is 39.9 Å². The summed E-state index contributed by atoms with van der Waals surface area (Å²) in [6, 6.07) is 7.29. The Labute approximate surface area is 127 Å². The van der Waals surface area contributed by atoms with E-state index in [2.05, 4.69) is 10.2 Å². The molecule has 0 radical (unpaired) electrons. The molecule has 0 saturated carbocycles. The van der Waals surface area contributed by atoms with E-state index in [9.17, 15) is 14.9 Å². The van der Waals surface area contributed by atoms with Crippen LogP contribution >= 0.6 is 0 Å². The van der Waals surface area contributed by atoms with Gasteiger partial charge in [-0.1, -0.05) is 12.1 Å². The molecule has 22 heavy (non-hydrogen) atoms. The summed E-state index contributed by atoms with van der Waals surface area (Å²) in [6.07, 6.45) is 0.856. The lowest BCUT2D eigenvalue weighted by Gasteiger charge is -2.07. The van der Waals surface area contributed by atoms with E-state index in [0.717, 1.165) is 17.9 Å². The SMILES string of the molecule is O=C(Cc1ccc(OCC2CO2)cc1)NCCCO[N+](=O)[O-]. The van der Waals surface area contributed by atoms with E-state index in [1.54, 1.807) is 0 Å². The van der Waals surface area contributed by atoms with Crippen LogP contribution in [0, 0.1) is 10.1 Å². The standard InChI is InChI=1S/C14H18N2O6/c17-14(15-6-1-7-22-16(18)19)8-11-2-4-12(5-3-11)20-9-13-10-21-13/h2-5,13H,1,6-10H2,(H,15,17). The van der Waals surface area contributed by atoms with Gasteiger partial charge in [-0.25, -0.2) is 0 Å². The van der Waals surface area contributed by atoms with Crippen LogP contribution in [0.25, 0.3) is 0 Å². The first-order valence-electron chi connectivity index (χ1n) is 7.01. The third kappa shape index (κ3) is 6.40. The quantitative estimate of drug-likeness (QED) is 0.296. The summed E-state index contributed by atoms with van der Waals surface area (Å²) < 4.78 is 10.6. The average molecular weight is 310 g/mol. The van der Waals surface area contributed by atoms with Crippen molar-refractivity contribution in [3.8, 4) is 5.75 Å². The molecule has 0 spiro atoms. The van der Waals surface area contributed by atoms with E-state index >= 15 is 0 Å². The van der Waals surface area contributed by atoms with Crippen molar-refractivity contribution in [1.82, 2.24) is 5.32 Å². The summed E-state index contributed by atoms with van der Waals surface area (Å²) in [5, 5.41) is 11.8. The summed E-state index contributed by atoms with van der Waals surface area (Å²) >= 11 is 0. The van der Waals surface area contributed by atoms with Crippen LogP contribution < -0.4 is 10.1 Å². The number of nitrogens with zero attached hydrogens (tertiary/aromatic N) is 1. The lowest BCUT2D eigenvalue weighted by Crippen LogP contribution is -2.27. The zero-order valence-corrected chi connectivity index (χ0v) is 12.0. The van der Waals surface area contributed by atoms with Gasteiger partial charge in [0.05, 0.1) is 19.6 Å². The smallest absolute Gasteiger partial charge is 0.294 e. The maximum Gasteiger partial charge on any atom is 0.294 e. The Morgan fingerprint density at radius 3 is 2.77 bits per heavy atom. The molecule has 1 aromatic rings. The number of rotatable bonds is 10. The van der Waals surface area contributed by atoms with Crippen molar-refractivity contribution in [1.29, 1.82) is 0 Å². The Morgan fingerprint density at radius 2 is 2.14 bits per heavy atom. The predicted octanol–water partition coefficient (Wildman–Crippen LogP) is 0.721. The topological polar surface area (TPSA) is 103 Å². The number of amides is 1. The fraction of sp³-hybridized carbons (Fsp3) is 0.500. The van der Waals surface area contributed by atoms with Gasteiger partial charge in [-0.2, -0.15) is 0 Å². The Balaban J connectivity index is 1.61. The Hall–Kier alpha value is -2.35. The van der Waals surface area contributed by atoms with Gasteiger partial charge in [-0.15, -0.1) is 10.1 Å². The van der Waals surface area contributed by atoms with E-state index < -0.39 is 5.09 Å². The van der Waals surface area contributed by atoms with Crippen molar-refractivity contribution < 1.29 is 24.2 Å². The van der Waals surface area contributed by atoms with Crippen molar-refractivity contribution in [3.63, 3.8) is 0 Å². The van der Waals surface area contributed by atoms with Crippen molar-refractivity contribution in [2.75, 3.05) is 26.4 Å². The van der Waals surface area contributed by atoms with Gasteiger partial charge in [0.15, 0.2) is 0 Å². The molecule has 1 N–H and O–H groups in total.